The average molecular weight is 635 g/mol. The van der Waals surface area contributed by atoms with Gasteiger partial charge < -0.3 is 23.9 Å². The summed E-state index contributed by atoms with van der Waals surface area (Å²) in [6.07, 6.45) is 0.0513. The molecule has 0 spiro atoms. The Morgan fingerprint density at radius 3 is 2.60 bits per heavy atom. The van der Waals surface area contributed by atoms with Crippen LogP contribution >= 0.6 is 11.3 Å². The van der Waals surface area contributed by atoms with Gasteiger partial charge in [0.15, 0.2) is 5.01 Å². The molecule has 45 heavy (non-hydrogen) atoms. The van der Waals surface area contributed by atoms with Crippen molar-refractivity contribution in [3.8, 4) is 22.1 Å². The summed E-state index contributed by atoms with van der Waals surface area (Å²) in [5.41, 5.74) is 3.20. The number of hydrogen-bond donors (Lipinski definition) is 1. The van der Waals surface area contributed by atoms with Crippen molar-refractivity contribution in [1.29, 1.82) is 0 Å². The molecular weight excluding hydrogens is 602 g/mol. The fourth-order valence-electron chi connectivity index (χ4n) is 5.77. The lowest BCUT2D eigenvalue weighted by Gasteiger charge is -2.28. The van der Waals surface area contributed by atoms with Crippen molar-refractivity contribution in [2.75, 3.05) is 19.8 Å². The summed E-state index contributed by atoms with van der Waals surface area (Å²) in [6, 6.07) is 11.9. The van der Waals surface area contributed by atoms with Crippen LogP contribution in [0, 0.1) is 24.0 Å². The van der Waals surface area contributed by atoms with Crippen molar-refractivity contribution in [3.63, 3.8) is 0 Å². The van der Waals surface area contributed by atoms with Crippen LogP contribution in [0.2, 0.25) is 0 Å². The van der Waals surface area contributed by atoms with Gasteiger partial charge in [-0.15, -0.1) is 5.10 Å². The highest BCUT2D eigenvalue weighted by molar-refractivity contribution is 7.13. The lowest BCUT2D eigenvalue weighted by molar-refractivity contribution is 0.0697. The van der Waals surface area contributed by atoms with Gasteiger partial charge in [0.1, 0.15) is 29.8 Å². The van der Waals surface area contributed by atoms with Gasteiger partial charge in [0.25, 0.3) is 5.19 Å². The van der Waals surface area contributed by atoms with Crippen molar-refractivity contribution in [1.82, 2.24) is 19.7 Å². The van der Waals surface area contributed by atoms with Crippen LogP contribution in [0.1, 0.15) is 59.1 Å². The molecule has 0 amide bonds. The maximum absolute atomic E-state index is 16.3. The number of fused-ring (bicyclic) bond motifs is 1. The minimum Gasteiger partial charge on any atom is -0.486 e. The summed E-state index contributed by atoms with van der Waals surface area (Å²) in [7, 11) is 0. The van der Waals surface area contributed by atoms with E-state index in [-0.39, 0.29) is 35.6 Å². The molecular formula is C33H32F2N4O5S. The van der Waals surface area contributed by atoms with Gasteiger partial charge in [0.2, 0.25) is 0 Å². The molecule has 1 N–H and O–H groups in total. The number of imidazole rings is 1. The predicted octanol–water partition coefficient (Wildman–Crippen LogP) is 7.01. The van der Waals surface area contributed by atoms with E-state index in [9.17, 15) is 14.3 Å². The second-order valence-electron chi connectivity index (χ2n) is 11.6. The van der Waals surface area contributed by atoms with E-state index >= 15 is 4.39 Å². The van der Waals surface area contributed by atoms with Gasteiger partial charge in [-0.1, -0.05) is 42.4 Å². The van der Waals surface area contributed by atoms with Gasteiger partial charge in [-0.25, -0.2) is 18.6 Å². The van der Waals surface area contributed by atoms with E-state index in [0.29, 0.717) is 69.3 Å². The number of ether oxygens (including phenoxy) is 3. The van der Waals surface area contributed by atoms with Crippen molar-refractivity contribution < 1.29 is 32.9 Å². The summed E-state index contributed by atoms with van der Waals surface area (Å²) in [6.45, 7) is 9.22. The highest BCUT2D eigenvalue weighted by Gasteiger charge is 2.39. The molecule has 0 aliphatic carbocycles. The monoisotopic (exact) mass is 634 g/mol. The highest BCUT2D eigenvalue weighted by atomic mass is 32.1. The Morgan fingerprint density at radius 2 is 1.91 bits per heavy atom. The van der Waals surface area contributed by atoms with E-state index in [2.05, 4.69) is 24.0 Å². The summed E-state index contributed by atoms with van der Waals surface area (Å²) < 4.78 is 49.7. The molecule has 0 bridgehead atoms. The van der Waals surface area contributed by atoms with E-state index < -0.39 is 17.6 Å². The van der Waals surface area contributed by atoms with Crippen LogP contribution in [0.4, 0.5) is 8.78 Å². The number of carboxylic acid groups (broad SMARTS) is 1. The number of halogens is 2. The maximum Gasteiger partial charge on any atom is 0.335 e. The normalized spacial score (nSPS) is 15.9. The van der Waals surface area contributed by atoms with Crippen molar-refractivity contribution in [2.45, 2.75) is 46.8 Å². The van der Waals surface area contributed by atoms with Crippen molar-refractivity contribution in [2.24, 2.45) is 5.41 Å². The number of nitrogens with zero attached hydrogens (tertiary/aromatic N) is 4. The van der Waals surface area contributed by atoms with Gasteiger partial charge in [-0.3, -0.25) is 0 Å². The zero-order valence-corrected chi connectivity index (χ0v) is 26.1. The third-order valence-electron chi connectivity index (χ3n) is 8.10. The molecule has 1 aliphatic rings. The minimum absolute atomic E-state index is 0.0206. The van der Waals surface area contributed by atoms with Crippen LogP contribution in [0.25, 0.3) is 22.2 Å². The molecule has 0 unspecified atom stereocenters. The first-order valence-corrected chi connectivity index (χ1v) is 15.3. The first kappa shape index (κ1) is 30.6. The van der Waals surface area contributed by atoms with Gasteiger partial charge >= 0.3 is 5.97 Å². The Labute approximate surface area is 262 Å². The molecule has 1 aliphatic heterocycles. The maximum atomic E-state index is 16.3. The zero-order valence-electron chi connectivity index (χ0n) is 25.3. The third-order valence-corrected chi connectivity index (χ3v) is 8.91. The zero-order chi connectivity index (χ0) is 31.9. The SMILES string of the molecule is CCOc1nnc(COc2c(C)c(-c3ccc(F)cc3)cc(F)c2Cc2nc3ccc(C(=O)O)cc3n2[C@@H]2COCC2(C)C)s1. The van der Waals surface area contributed by atoms with Gasteiger partial charge in [-0.05, 0) is 66.9 Å². The smallest absolute Gasteiger partial charge is 0.335 e. The molecule has 2 aromatic heterocycles. The van der Waals surface area contributed by atoms with E-state index in [4.69, 9.17) is 19.2 Å². The Bertz CT molecular complexity index is 1890. The van der Waals surface area contributed by atoms with Crippen LogP contribution in [0.15, 0.2) is 48.5 Å². The molecule has 9 nitrogen and oxygen atoms in total. The lowest BCUT2D eigenvalue weighted by atomic mass is 9.87. The van der Waals surface area contributed by atoms with Crippen molar-refractivity contribution >= 4 is 28.3 Å². The van der Waals surface area contributed by atoms with Crippen LogP contribution in [-0.4, -0.2) is 50.6 Å². The molecule has 234 valence electrons. The first-order chi connectivity index (χ1) is 21.6. The Balaban J connectivity index is 1.48. The second kappa shape index (κ2) is 12.2. The topological polar surface area (TPSA) is 109 Å². The Hall–Kier alpha value is -4.42. The molecule has 0 radical (unpaired) electrons. The molecule has 5 aromatic rings. The van der Waals surface area contributed by atoms with E-state index in [1.54, 1.807) is 24.3 Å². The molecule has 1 atom stereocenters. The summed E-state index contributed by atoms with van der Waals surface area (Å²) in [4.78, 5) is 16.7. The van der Waals surface area contributed by atoms with E-state index in [1.807, 2.05) is 18.4 Å². The number of benzene rings is 3. The fourth-order valence-corrected chi connectivity index (χ4v) is 6.43. The minimum atomic E-state index is -1.05. The Morgan fingerprint density at radius 1 is 1.13 bits per heavy atom. The highest BCUT2D eigenvalue weighted by Crippen LogP contribution is 2.42. The summed E-state index contributed by atoms with van der Waals surface area (Å²) in [5.74, 6) is -1.10. The number of aromatic nitrogens is 4. The number of rotatable bonds is 10. The third kappa shape index (κ3) is 5.99. The van der Waals surface area contributed by atoms with Crippen molar-refractivity contribution in [3.05, 3.63) is 87.7 Å². The standard InChI is InChI=1S/C33H32F2N4O5S/c1-5-43-32-38-37-29(45-32)16-44-30-18(2)22(19-6-9-21(34)10-7-19)13-24(35)23(30)14-28-36-25-11-8-20(31(40)41)12-26(25)39(28)27-15-42-17-33(27,3)4/h6-13,27H,5,14-17H2,1-4H3,(H,40,41)/t27-/m1/s1. The van der Waals surface area contributed by atoms with Gasteiger partial charge in [0, 0.05) is 17.4 Å². The average Bonchev–Trinajstić information content (AvgIpc) is 3.70. The number of aromatic carboxylic acids is 1. The quantitative estimate of drug-likeness (QED) is 0.175. The Kier molecular flexibility index (Phi) is 8.27. The molecule has 1 fully saturated rings. The molecule has 3 aromatic carbocycles. The van der Waals surface area contributed by atoms with Crippen LogP contribution in [0.3, 0.4) is 0 Å². The molecule has 6 rings (SSSR count). The fraction of sp³-hybridized carbons (Fsp3) is 0.333. The summed E-state index contributed by atoms with van der Waals surface area (Å²) >= 11 is 1.24. The molecule has 0 saturated carbocycles. The van der Waals surface area contributed by atoms with Crippen LogP contribution < -0.4 is 9.47 Å². The van der Waals surface area contributed by atoms with E-state index in [1.165, 1.54) is 35.6 Å². The second-order valence-corrected chi connectivity index (χ2v) is 12.7. The largest absolute Gasteiger partial charge is 0.486 e. The van der Waals surface area contributed by atoms with E-state index in [0.717, 1.165) is 0 Å². The van der Waals surface area contributed by atoms with Gasteiger partial charge in [0.05, 0.1) is 42.5 Å². The van der Waals surface area contributed by atoms with Gasteiger partial charge in [-0.2, -0.15) is 0 Å². The number of carbonyl (C=O) groups is 1. The van der Waals surface area contributed by atoms with Crippen LogP contribution in [-0.2, 0) is 17.8 Å². The first-order valence-electron chi connectivity index (χ1n) is 14.5. The number of carboxylic acids is 1. The predicted molar refractivity (Wildman–Crippen MR) is 165 cm³/mol. The molecule has 12 heteroatoms. The number of hydrogen-bond acceptors (Lipinski definition) is 8. The lowest BCUT2D eigenvalue weighted by Crippen LogP contribution is -2.27. The molecule has 3 heterocycles. The van der Waals surface area contributed by atoms with Crippen LogP contribution in [0.5, 0.6) is 10.9 Å². The summed E-state index contributed by atoms with van der Waals surface area (Å²) in [5, 5.41) is 18.8. The molecule has 1 saturated heterocycles.